The monoisotopic (exact) mass is 299 g/mol. The van der Waals surface area contributed by atoms with Crippen LogP contribution < -0.4 is 4.74 Å². The molecule has 1 amide bonds. The fourth-order valence-corrected chi connectivity index (χ4v) is 1.97. The summed E-state index contributed by atoms with van der Waals surface area (Å²) in [5.41, 5.74) is 0. The Morgan fingerprint density at radius 1 is 1.41 bits per heavy atom. The maximum absolute atomic E-state index is 12.0. The highest BCUT2D eigenvalue weighted by molar-refractivity contribution is 9.10. The molecule has 0 N–H and O–H groups in total. The summed E-state index contributed by atoms with van der Waals surface area (Å²) in [5.74, 6) is 0.724. The van der Waals surface area contributed by atoms with E-state index in [0.29, 0.717) is 18.8 Å². The van der Waals surface area contributed by atoms with Gasteiger partial charge in [-0.2, -0.15) is 0 Å². The second-order valence-electron chi connectivity index (χ2n) is 3.73. The lowest BCUT2D eigenvalue weighted by molar-refractivity contribution is -0.137. The lowest BCUT2D eigenvalue weighted by atomic mass is 10.3. The van der Waals surface area contributed by atoms with E-state index in [1.165, 1.54) is 0 Å². The predicted molar refractivity (Wildman–Crippen MR) is 72.2 cm³/mol. The number of carbonyl (C=O) groups excluding carboxylic acids is 1. The average Bonchev–Trinajstić information content (AvgIpc) is 2.30. The number of benzene rings is 1. The lowest BCUT2D eigenvalue weighted by Crippen LogP contribution is -2.40. The van der Waals surface area contributed by atoms with Gasteiger partial charge in [-0.3, -0.25) is 4.79 Å². The zero-order valence-corrected chi connectivity index (χ0v) is 12.0. The van der Waals surface area contributed by atoms with Crippen molar-refractivity contribution < 1.29 is 9.53 Å². The highest BCUT2D eigenvalue weighted by atomic mass is 79.9. The van der Waals surface area contributed by atoms with Gasteiger partial charge in [-0.1, -0.05) is 22.0 Å². The second kappa shape index (κ2) is 6.64. The Labute approximate surface area is 111 Å². The van der Waals surface area contributed by atoms with E-state index in [1.807, 2.05) is 38.1 Å². The molecular weight excluding hydrogens is 282 g/mol. The van der Waals surface area contributed by atoms with Crippen molar-refractivity contribution in [2.75, 3.05) is 13.1 Å². The van der Waals surface area contributed by atoms with Crippen molar-refractivity contribution in [1.82, 2.24) is 4.90 Å². The Morgan fingerprint density at radius 2 is 2.06 bits per heavy atom. The van der Waals surface area contributed by atoms with Crippen molar-refractivity contribution in [3.63, 3.8) is 0 Å². The molecule has 0 saturated heterocycles. The fourth-order valence-electron chi connectivity index (χ4n) is 1.59. The van der Waals surface area contributed by atoms with Crippen LogP contribution in [0.25, 0.3) is 0 Å². The first-order valence-corrected chi connectivity index (χ1v) is 6.58. The van der Waals surface area contributed by atoms with Gasteiger partial charge < -0.3 is 9.64 Å². The summed E-state index contributed by atoms with van der Waals surface area (Å²) in [6.45, 7) is 7.13. The van der Waals surface area contributed by atoms with E-state index < -0.39 is 6.10 Å². The molecule has 0 heterocycles. The number of hydrogen-bond acceptors (Lipinski definition) is 2. The van der Waals surface area contributed by atoms with Gasteiger partial charge >= 0.3 is 0 Å². The number of likely N-dealkylation sites (N-methyl/N-ethyl adjacent to an activating group) is 1. The van der Waals surface area contributed by atoms with E-state index in [1.54, 1.807) is 11.8 Å². The number of nitrogens with zero attached hydrogens (tertiary/aromatic N) is 1. The minimum atomic E-state index is -0.454. The second-order valence-corrected chi connectivity index (χ2v) is 4.64. The first kappa shape index (κ1) is 14.0. The topological polar surface area (TPSA) is 29.5 Å². The first-order valence-electron chi connectivity index (χ1n) is 5.79. The fraction of sp³-hybridized carbons (Fsp3) is 0.462. The molecule has 94 valence electrons. The van der Waals surface area contributed by atoms with Gasteiger partial charge in [-0.15, -0.1) is 0 Å². The third-order valence-corrected chi connectivity index (χ3v) is 3.03. The molecule has 1 atom stereocenters. The van der Waals surface area contributed by atoms with Crippen LogP contribution in [-0.4, -0.2) is 30.0 Å². The molecule has 0 fully saturated rings. The molecule has 1 rings (SSSR count). The SMILES string of the molecule is CCN(CC)C(=O)[C@@H](C)Oc1cccc(Br)c1. The third-order valence-electron chi connectivity index (χ3n) is 2.53. The van der Waals surface area contributed by atoms with Crippen LogP contribution in [0.2, 0.25) is 0 Å². The third kappa shape index (κ3) is 4.04. The molecule has 0 aliphatic rings. The van der Waals surface area contributed by atoms with E-state index in [4.69, 9.17) is 4.74 Å². The number of ether oxygens (including phenoxy) is 1. The van der Waals surface area contributed by atoms with E-state index in [0.717, 1.165) is 4.47 Å². The summed E-state index contributed by atoms with van der Waals surface area (Å²) in [6.07, 6.45) is -0.454. The summed E-state index contributed by atoms with van der Waals surface area (Å²) in [7, 11) is 0. The minimum Gasteiger partial charge on any atom is -0.481 e. The molecule has 0 aromatic heterocycles. The van der Waals surface area contributed by atoms with E-state index in [-0.39, 0.29) is 5.91 Å². The highest BCUT2D eigenvalue weighted by Crippen LogP contribution is 2.19. The minimum absolute atomic E-state index is 0.0231. The molecule has 3 nitrogen and oxygen atoms in total. The van der Waals surface area contributed by atoms with Crippen LogP contribution in [-0.2, 0) is 4.79 Å². The van der Waals surface area contributed by atoms with Gasteiger partial charge in [0.05, 0.1) is 0 Å². The summed E-state index contributed by atoms with van der Waals surface area (Å²) in [6, 6.07) is 7.50. The van der Waals surface area contributed by atoms with Gasteiger partial charge in [-0.25, -0.2) is 0 Å². The quantitative estimate of drug-likeness (QED) is 0.836. The standard InChI is InChI=1S/C13H18BrNO2/c1-4-15(5-2)13(16)10(3)17-12-8-6-7-11(14)9-12/h6-10H,4-5H2,1-3H3/t10-/m1/s1. The lowest BCUT2D eigenvalue weighted by Gasteiger charge is -2.23. The smallest absolute Gasteiger partial charge is 0.263 e. The normalized spacial score (nSPS) is 12.0. The number of carbonyl (C=O) groups is 1. The van der Waals surface area contributed by atoms with Gasteiger partial charge in [0.1, 0.15) is 5.75 Å². The summed E-state index contributed by atoms with van der Waals surface area (Å²) in [5, 5.41) is 0. The van der Waals surface area contributed by atoms with Crippen molar-refractivity contribution in [3.05, 3.63) is 28.7 Å². The van der Waals surface area contributed by atoms with Gasteiger partial charge in [0.25, 0.3) is 5.91 Å². The zero-order chi connectivity index (χ0) is 12.8. The van der Waals surface area contributed by atoms with Crippen LogP contribution in [0.15, 0.2) is 28.7 Å². The summed E-state index contributed by atoms with van der Waals surface area (Å²) >= 11 is 3.37. The van der Waals surface area contributed by atoms with E-state index >= 15 is 0 Å². The van der Waals surface area contributed by atoms with Crippen molar-refractivity contribution in [1.29, 1.82) is 0 Å². The van der Waals surface area contributed by atoms with Crippen LogP contribution in [0.4, 0.5) is 0 Å². The molecule has 0 aliphatic heterocycles. The Kier molecular flexibility index (Phi) is 5.48. The maximum Gasteiger partial charge on any atom is 0.263 e. The zero-order valence-electron chi connectivity index (χ0n) is 10.4. The number of amides is 1. The van der Waals surface area contributed by atoms with E-state index in [2.05, 4.69) is 15.9 Å². The van der Waals surface area contributed by atoms with Crippen LogP contribution in [0.3, 0.4) is 0 Å². The molecule has 1 aromatic rings. The van der Waals surface area contributed by atoms with Gasteiger partial charge in [0.15, 0.2) is 6.10 Å². The van der Waals surface area contributed by atoms with Crippen molar-refractivity contribution in [2.45, 2.75) is 26.9 Å². The Hall–Kier alpha value is -1.03. The van der Waals surface area contributed by atoms with Crippen LogP contribution in [0.1, 0.15) is 20.8 Å². The molecular formula is C13H18BrNO2. The predicted octanol–water partition coefficient (Wildman–Crippen LogP) is 3.08. The van der Waals surface area contributed by atoms with Gasteiger partial charge in [0, 0.05) is 17.6 Å². The molecule has 0 bridgehead atoms. The molecule has 1 aromatic carbocycles. The van der Waals surface area contributed by atoms with Crippen LogP contribution in [0, 0.1) is 0 Å². The maximum atomic E-state index is 12.0. The Bertz CT molecular complexity index is 377. The molecule has 4 heteroatoms. The van der Waals surface area contributed by atoms with E-state index in [9.17, 15) is 4.79 Å². The Morgan fingerprint density at radius 3 is 2.59 bits per heavy atom. The van der Waals surface area contributed by atoms with Crippen molar-refractivity contribution in [2.24, 2.45) is 0 Å². The van der Waals surface area contributed by atoms with Gasteiger partial charge in [0.2, 0.25) is 0 Å². The first-order chi connectivity index (χ1) is 8.08. The molecule has 0 unspecified atom stereocenters. The van der Waals surface area contributed by atoms with Crippen LogP contribution in [0.5, 0.6) is 5.75 Å². The van der Waals surface area contributed by atoms with Crippen molar-refractivity contribution in [3.8, 4) is 5.75 Å². The molecule has 0 aliphatic carbocycles. The van der Waals surface area contributed by atoms with Crippen molar-refractivity contribution >= 4 is 21.8 Å². The molecule has 0 spiro atoms. The summed E-state index contributed by atoms with van der Waals surface area (Å²) in [4.78, 5) is 13.8. The number of rotatable bonds is 5. The Balaban J connectivity index is 2.65. The van der Waals surface area contributed by atoms with Gasteiger partial charge in [-0.05, 0) is 39.0 Å². The molecule has 0 saturated carbocycles. The molecule has 17 heavy (non-hydrogen) atoms. The number of halogens is 1. The molecule has 0 radical (unpaired) electrons. The highest BCUT2D eigenvalue weighted by Gasteiger charge is 2.19. The summed E-state index contributed by atoms with van der Waals surface area (Å²) < 4.78 is 6.56. The van der Waals surface area contributed by atoms with Crippen LogP contribution >= 0.6 is 15.9 Å². The largest absolute Gasteiger partial charge is 0.481 e. The average molecular weight is 300 g/mol. The number of hydrogen-bond donors (Lipinski definition) is 0.